The molecule has 0 aliphatic rings. The summed E-state index contributed by atoms with van der Waals surface area (Å²) in [5.74, 6) is 0.346. The summed E-state index contributed by atoms with van der Waals surface area (Å²) in [5.41, 5.74) is 3.97. The minimum Gasteiger partial charge on any atom is -0.494 e. The Morgan fingerprint density at radius 2 is 1.61 bits per heavy atom. The first-order valence-electron chi connectivity index (χ1n) is 10.2. The fourth-order valence-corrected chi connectivity index (χ4v) is 3.00. The van der Waals surface area contributed by atoms with Gasteiger partial charge in [-0.05, 0) is 55.8 Å². The Hall–Kier alpha value is -3.80. The smallest absolute Gasteiger partial charge is 0.253 e. The topological polar surface area (TPSA) is 79.5 Å². The Bertz CT molecular complexity index is 1010. The van der Waals surface area contributed by atoms with Gasteiger partial charge in [0.2, 0.25) is 5.91 Å². The number of aryl methyl sites for hydroxylation is 1. The molecule has 0 heterocycles. The summed E-state index contributed by atoms with van der Waals surface area (Å²) < 4.78 is 5.40. The van der Waals surface area contributed by atoms with E-state index in [-0.39, 0.29) is 18.4 Å². The Kier molecular flexibility index (Phi) is 7.65. The zero-order valence-corrected chi connectivity index (χ0v) is 17.8. The van der Waals surface area contributed by atoms with E-state index in [1.807, 2.05) is 44.2 Å². The van der Waals surface area contributed by atoms with Crippen LogP contribution in [0.3, 0.4) is 0 Å². The van der Waals surface area contributed by atoms with Crippen LogP contribution in [-0.4, -0.2) is 25.0 Å². The van der Waals surface area contributed by atoms with E-state index in [4.69, 9.17) is 4.74 Å². The van der Waals surface area contributed by atoms with E-state index < -0.39 is 0 Å². The van der Waals surface area contributed by atoms with Gasteiger partial charge in [0.05, 0.1) is 18.7 Å². The monoisotopic (exact) mass is 417 g/mol. The van der Waals surface area contributed by atoms with Gasteiger partial charge in [-0.2, -0.15) is 0 Å². The highest BCUT2D eigenvalue weighted by molar-refractivity contribution is 6.00. The standard InChI is InChI=1S/C25H27N3O3/c1-3-31-21-14-12-20(13-15-21)28-24(29)17-26-23-7-5-4-6-22(23)25(30)27-16-19-10-8-18(2)9-11-19/h4-15,26H,3,16-17H2,1-2H3,(H,27,30)(H,28,29). The van der Waals surface area contributed by atoms with Crippen LogP contribution >= 0.6 is 0 Å². The van der Waals surface area contributed by atoms with Crippen molar-refractivity contribution in [1.29, 1.82) is 0 Å². The number of ether oxygens (including phenoxy) is 1. The molecule has 2 amide bonds. The third-order valence-corrected chi connectivity index (χ3v) is 4.63. The van der Waals surface area contributed by atoms with Crippen LogP contribution in [0.4, 0.5) is 11.4 Å². The van der Waals surface area contributed by atoms with Crippen molar-refractivity contribution in [3.05, 3.63) is 89.5 Å². The second kappa shape index (κ2) is 10.8. The molecule has 0 bridgehead atoms. The normalized spacial score (nSPS) is 10.3. The number of nitrogens with one attached hydrogen (secondary N) is 3. The molecule has 0 aliphatic heterocycles. The van der Waals surface area contributed by atoms with E-state index in [0.29, 0.717) is 30.1 Å². The predicted octanol–water partition coefficient (Wildman–Crippen LogP) is 4.37. The number of amides is 2. The minimum absolute atomic E-state index is 0.0372. The third kappa shape index (κ3) is 6.60. The molecule has 31 heavy (non-hydrogen) atoms. The van der Waals surface area contributed by atoms with E-state index in [0.717, 1.165) is 11.3 Å². The van der Waals surface area contributed by atoms with Gasteiger partial charge >= 0.3 is 0 Å². The number of hydrogen-bond acceptors (Lipinski definition) is 4. The van der Waals surface area contributed by atoms with Crippen LogP contribution in [-0.2, 0) is 11.3 Å². The molecule has 3 aromatic carbocycles. The maximum Gasteiger partial charge on any atom is 0.253 e. The Balaban J connectivity index is 1.55. The number of benzene rings is 3. The molecule has 0 fully saturated rings. The summed E-state index contributed by atoms with van der Waals surface area (Å²) in [7, 11) is 0. The molecule has 0 aromatic heterocycles. The predicted molar refractivity (Wildman–Crippen MR) is 124 cm³/mol. The lowest BCUT2D eigenvalue weighted by Gasteiger charge is -2.13. The number of carbonyl (C=O) groups excluding carboxylic acids is 2. The zero-order chi connectivity index (χ0) is 22.1. The highest BCUT2D eigenvalue weighted by Crippen LogP contribution is 2.17. The van der Waals surface area contributed by atoms with E-state index in [2.05, 4.69) is 16.0 Å². The molecule has 0 saturated carbocycles. The summed E-state index contributed by atoms with van der Waals surface area (Å²) in [4.78, 5) is 25.0. The molecular weight excluding hydrogens is 390 g/mol. The Morgan fingerprint density at radius 3 is 2.32 bits per heavy atom. The quantitative estimate of drug-likeness (QED) is 0.483. The van der Waals surface area contributed by atoms with E-state index in [1.165, 1.54) is 5.56 Å². The first kappa shape index (κ1) is 21.9. The van der Waals surface area contributed by atoms with Crippen LogP contribution in [0.15, 0.2) is 72.8 Å². The van der Waals surface area contributed by atoms with Crippen molar-refractivity contribution in [1.82, 2.24) is 5.32 Å². The lowest BCUT2D eigenvalue weighted by atomic mass is 10.1. The number of carbonyl (C=O) groups is 2. The SMILES string of the molecule is CCOc1ccc(NC(=O)CNc2ccccc2C(=O)NCc2ccc(C)cc2)cc1. The number of anilines is 2. The lowest BCUT2D eigenvalue weighted by Crippen LogP contribution is -2.26. The molecule has 0 aliphatic carbocycles. The van der Waals surface area contributed by atoms with Crippen LogP contribution in [0.25, 0.3) is 0 Å². The van der Waals surface area contributed by atoms with Crippen molar-refractivity contribution in [2.75, 3.05) is 23.8 Å². The van der Waals surface area contributed by atoms with Crippen molar-refractivity contribution in [2.45, 2.75) is 20.4 Å². The molecule has 0 unspecified atom stereocenters. The Morgan fingerprint density at radius 1 is 0.903 bits per heavy atom. The van der Waals surface area contributed by atoms with E-state index >= 15 is 0 Å². The van der Waals surface area contributed by atoms with Gasteiger partial charge in [0.25, 0.3) is 5.91 Å². The van der Waals surface area contributed by atoms with Crippen molar-refractivity contribution in [3.63, 3.8) is 0 Å². The van der Waals surface area contributed by atoms with Crippen LogP contribution in [0.5, 0.6) is 5.75 Å². The fraction of sp³-hybridized carbons (Fsp3) is 0.200. The van der Waals surface area contributed by atoms with Crippen LogP contribution < -0.4 is 20.7 Å². The van der Waals surface area contributed by atoms with Gasteiger partial charge in [-0.25, -0.2) is 0 Å². The van der Waals surface area contributed by atoms with Crippen LogP contribution in [0.1, 0.15) is 28.4 Å². The minimum atomic E-state index is -0.209. The van der Waals surface area contributed by atoms with Crippen molar-refractivity contribution >= 4 is 23.2 Å². The lowest BCUT2D eigenvalue weighted by molar-refractivity contribution is -0.114. The van der Waals surface area contributed by atoms with E-state index in [1.54, 1.807) is 42.5 Å². The molecule has 160 valence electrons. The second-order valence-corrected chi connectivity index (χ2v) is 7.07. The highest BCUT2D eigenvalue weighted by atomic mass is 16.5. The van der Waals surface area contributed by atoms with Crippen LogP contribution in [0, 0.1) is 6.92 Å². The van der Waals surface area contributed by atoms with Gasteiger partial charge in [0.1, 0.15) is 5.75 Å². The molecule has 0 radical (unpaired) electrons. The number of hydrogen-bond donors (Lipinski definition) is 3. The maximum atomic E-state index is 12.7. The first-order valence-corrected chi connectivity index (χ1v) is 10.2. The summed E-state index contributed by atoms with van der Waals surface area (Å²) in [6.07, 6.45) is 0. The number of para-hydroxylation sites is 1. The average molecular weight is 418 g/mol. The summed E-state index contributed by atoms with van der Waals surface area (Å²) in [6, 6.07) is 22.3. The fourth-order valence-electron chi connectivity index (χ4n) is 3.00. The van der Waals surface area contributed by atoms with Crippen molar-refractivity contribution in [2.24, 2.45) is 0 Å². The highest BCUT2D eigenvalue weighted by Gasteiger charge is 2.12. The van der Waals surface area contributed by atoms with Gasteiger partial charge in [0.15, 0.2) is 0 Å². The molecule has 3 aromatic rings. The van der Waals surface area contributed by atoms with Gasteiger partial charge in [-0.3, -0.25) is 9.59 Å². The van der Waals surface area contributed by atoms with E-state index in [9.17, 15) is 9.59 Å². The second-order valence-electron chi connectivity index (χ2n) is 7.07. The summed E-state index contributed by atoms with van der Waals surface area (Å²) >= 11 is 0. The maximum absolute atomic E-state index is 12.7. The van der Waals surface area contributed by atoms with Crippen molar-refractivity contribution < 1.29 is 14.3 Å². The molecule has 3 N–H and O–H groups in total. The van der Waals surface area contributed by atoms with Gasteiger partial charge < -0.3 is 20.7 Å². The average Bonchev–Trinajstić information content (AvgIpc) is 2.79. The van der Waals surface area contributed by atoms with Gasteiger partial charge in [-0.15, -0.1) is 0 Å². The largest absolute Gasteiger partial charge is 0.494 e. The molecule has 3 rings (SSSR count). The molecular formula is C25H27N3O3. The Labute approximate surface area is 182 Å². The van der Waals surface area contributed by atoms with Gasteiger partial charge in [0, 0.05) is 17.9 Å². The molecule has 6 nitrogen and oxygen atoms in total. The molecule has 0 atom stereocenters. The summed E-state index contributed by atoms with van der Waals surface area (Å²) in [6.45, 7) is 5.01. The third-order valence-electron chi connectivity index (χ3n) is 4.63. The van der Waals surface area contributed by atoms with Gasteiger partial charge in [-0.1, -0.05) is 42.0 Å². The summed E-state index contributed by atoms with van der Waals surface area (Å²) in [5, 5.41) is 8.80. The number of rotatable bonds is 9. The molecule has 0 saturated heterocycles. The van der Waals surface area contributed by atoms with Crippen LogP contribution in [0.2, 0.25) is 0 Å². The zero-order valence-electron chi connectivity index (χ0n) is 17.8. The van der Waals surface area contributed by atoms with Crippen molar-refractivity contribution in [3.8, 4) is 5.75 Å². The first-order chi connectivity index (χ1) is 15.0. The molecule has 6 heteroatoms. The molecule has 0 spiro atoms.